The van der Waals surface area contributed by atoms with Gasteiger partial charge in [-0.1, -0.05) is 0 Å². The van der Waals surface area contributed by atoms with Crippen LogP contribution < -0.4 is 10.6 Å². The SMILES string of the molecule is COCCCNc1ccnc(C(=O)NCc2ccco2)c1. The first-order valence-electron chi connectivity index (χ1n) is 6.79. The van der Waals surface area contributed by atoms with E-state index in [4.69, 9.17) is 9.15 Å². The van der Waals surface area contributed by atoms with Gasteiger partial charge in [0, 0.05) is 32.1 Å². The van der Waals surface area contributed by atoms with E-state index >= 15 is 0 Å². The number of carbonyl (C=O) groups is 1. The van der Waals surface area contributed by atoms with Crippen molar-refractivity contribution in [1.29, 1.82) is 0 Å². The maximum Gasteiger partial charge on any atom is 0.270 e. The molecular weight excluding hydrogens is 270 g/mol. The Balaban J connectivity index is 1.85. The summed E-state index contributed by atoms with van der Waals surface area (Å²) in [4.78, 5) is 16.1. The van der Waals surface area contributed by atoms with Crippen molar-refractivity contribution >= 4 is 11.6 Å². The highest BCUT2D eigenvalue weighted by Gasteiger charge is 2.08. The van der Waals surface area contributed by atoms with Crippen molar-refractivity contribution in [3.8, 4) is 0 Å². The summed E-state index contributed by atoms with van der Waals surface area (Å²) in [5.41, 5.74) is 1.24. The summed E-state index contributed by atoms with van der Waals surface area (Å²) in [6, 6.07) is 7.15. The zero-order valence-corrected chi connectivity index (χ0v) is 12.0. The largest absolute Gasteiger partial charge is 0.467 e. The summed E-state index contributed by atoms with van der Waals surface area (Å²) in [7, 11) is 1.67. The van der Waals surface area contributed by atoms with Crippen LogP contribution in [0, 0.1) is 0 Å². The van der Waals surface area contributed by atoms with Gasteiger partial charge < -0.3 is 19.8 Å². The molecule has 0 bridgehead atoms. The fourth-order valence-electron chi connectivity index (χ4n) is 1.79. The number of nitrogens with zero attached hydrogens (tertiary/aromatic N) is 1. The zero-order valence-electron chi connectivity index (χ0n) is 12.0. The van der Waals surface area contributed by atoms with Crippen LogP contribution in [0.2, 0.25) is 0 Å². The summed E-state index contributed by atoms with van der Waals surface area (Å²) in [5, 5.41) is 5.99. The molecule has 0 atom stereocenters. The van der Waals surface area contributed by atoms with E-state index in [2.05, 4.69) is 15.6 Å². The number of aromatic nitrogens is 1. The van der Waals surface area contributed by atoms with Crippen molar-refractivity contribution in [2.75, 3.05) is 25.6 Å². The molecule has 2 rings (SSSR count). The Morgan fingerprint density at radius 2 is 2.33 bits per heavy atom. The zero-order chi connectivity index (χ0) is 14.9. The van der Waals surface area contributed by atoms with E-state index in [9.17, 15) is 4.79 Å². The van der Waals surface area contributed by atoms with Gasteiger partial charge in [0.2, 0.25) is 0 Å². The molecule has 0 spiro atoms. The average molecular weight is 289 g/mol. The number of ether oxygens (including phenoxy) is 1. The van der Waals surface area contributed by atoms with E-state index in [1.807, 2.05) is 12.1 Å². The molecule has 0 unspecified atom stereocenters. The van der Waals surface area contributed by atoms with Crippen LogP contribution in [0.15, 0.2) is 41.1 Å². The Hall–Kier alpha value is -2.34. The molecule has 0 fully saturated rings. The smallest absolute Gasteiger partial charge is 0.270 e. The number of hydrogen-bond donors (Lipinski definition) is 2. The molecule has 6 nitrogen and oxygen atoms in total. The van der Waals surface area contributed by atoms with Crippen molar-refractivity contribution in [2.24, 2.45) is 0 Å². The van der Waals surface area contributed by atoms with Gasteiger partial charge in [-0.15, -0.1) is 0 Å². The predicted octanol–water partition coefficient (Wildman–Crippen LogP) is 2.05. The first-order valence-corrected chi connectivity index (χ1v) is 6.79. The van der Waals surface area contributed by atoms with Crippen LogP contribution in [0.5, 0.6) is 0 Å². The van der Waals surface area contributed by atoms with E-state index in [0.717, 1.165) is 18.7 Å². The quantitative estimate of drug-likeness (QED) is 0.727. The van der Waals surface area contributed by atoms with Gasteiger partial charge in [0.25, 0.3) is 5.91 Å². The predicted molar refractivity (Wildman–Crippen MR) is 79.1 cm³/mol. The minimum atomic E-state index is -0.230. The summed E-state index contributed by atoms with van der Waals surface area (Å²) >= 11 is 0. The Morgan fingerprint density at radius 3 is 3.10 bits per heavy atom. The summed E-state index contributed by atoms with van der Waals surface area (Å²) in [6.07, 6.45) is 4.09. The van der Waals surface area contributed by atoms with Gasteiger partial charge in [0.1, 0.15) is 11.5 Å². The van der Waals surface area contributed by atoms with Gasteiger partial charge in [-0.05, 0) is 30.7 Å². The lowest BCUT2D eigenvalue weighted by Crippen LogP contribution is -2.23. The van der Waals surface area contributed by atoms with Crippen LogP contribution in [0.1, 0.15) is 22.7 Å². The number of anilines is 1. The number of methoxy groups -OCH3 is 1. The van der Waals surface area contributed by atoms with Crippen LogP contribution in [-0.2, 0) is 11.3 Å². The molecule has 1 amide bonds. The standard InChI is InChI=1S/C15H19N3O3/c1-20-8-3-6-16-12-5-7-17-14(10-12)15(19)18-11-13-4-2-9-21-13/h2,4-5,7,9-10H,3,6,8,11H2,1H3,(H,16,17)(H,18,19). The highest BCUT2D eigenvalue weighted by molar-refractivity contribution is 5.92. The van der Waals surface area contributed by atoms with E-state index in [1.165, 1.54) is 0 Å². The van der Waals surface area contributed by atoms with E-state index in [0.29, 0.717) is 24.6 Å². The fraction of sp³-hybridized carbons (Fsp3) is 0.333. The Kier molecular flexibility index (Phi) is 5.78. The van der Waals surface area contributed by atoms with Gasteiger partial charge >= 0.3 is 0 Å². The molecule has 0 aliphatic rings. The topological polar surface area (TPSA) is 76.4 Å². The lowest BCUT2D eigenvalue weighted by Gasteiger charge is -2.07. The summed E-state index contributed by atoms with van der Waals surface area (Å²) in [5.74, 6) is 0.476. The minimum absolute atomic E-state index is 0.230. The maximum absolute atomic E-state index is 12.0. The second-order valence-corrected chi connectivity index (χ2v) is 4.46. The Morgan fingerprint density at radius 1 is 1.43 bits per heavy atom. The molecule has 6 heteroatoms. The number of hydrogen-bond acceptors (Lipinski definition) is 5. The maximum atomic E-state index is 12.0. The summed E-state index contributed by atoms with van der Waals surface area (Å²) in [6.45, 7) is 1.83. The molecule has 112 valence electrons. The normalized spacial score (nSPS) is 10.3. The monoisotopic (exact) mass is 289 g/mol. The van der Waals surface area contributed by atoms with Crippen LogP contribution >= 0.6 is 0 Å². The van der Waals surface area contributed by atoms with Gasteiger partial charge in [-0.25, -0.2) is 0 Å². The highest BCUT2D eigenvalue weighted by atomic mass is 16.5. The van der Waals surface area contributed by atoms with E-state index < -0.39 is 0 Å². The molecule has 2 aromatic heterocycles. The second-order valence-electron chi connectivity index (χ2n) is 4.46. The van der Waals surface area contributed by atoms with Crippen LogP contribution in [0.3, 0.4) is 0 Å². The first kappa shape index (κ1) is 15.1. The fourth-order valence-corrected chi connectivity index (χ4v) is 1.79. The Labute approximate surface area is 123 Å². The summed E-state index contributed by atoms with van der Waals surface area (Å²) < 4.78 is 10.1. The van der Waals surface area contributed by atoms with Crippen LogP contribution in [0.25, 0.3) is 0 Å². The van der Waals surface area contributed by atoms with E-state index in [-0.39, 0.29) is 5.91 Å². The van der Waals surface area contributed by atoms with Gasteiger partial charge in [0.05, 0.1) is 12.8 Å². The molecule has 0 aliphatic carbocycles. The van der Waals surface area contributed by atoms with Gasteiger partial charge in [-0.2, -0.15) is 0 Å². The molecular formula is C15H19N3O3. The first-order chi connectivity index (χ1) is 10.3. The number of pyridine rings is 1. The molecule has 21 heavy (non-hydrogen) atoms. The number of rotatable bonds is 8. The van der Waals surface area contributed by atoms with Crippen molar-refractivity contribution in [3.63, 3.8) is 0 Å². The van der Waals surface area contributed by atoms with Crippen molar-refractivity contribution in [3.05, 3.63) is 48.2 Å². The molecule has 0 saturated carbocycles. The molecule has 0 aromatic carbocycles. The lowest BCUT2D eigenvalue weighted by molar-refractivity contribution is 0.0943. The third-order valence-electron chi connectivity index (χ3n) is 2.85. The van der Waals surface area contributed by atoms with Crippen LogP contribution in [0.4, 0.5) is 5.69 Å². The number of furan rings is 1. The average Bonchev–Trinajstić information content (AvgIpc) is 3.03. The van der Waals surface area contributed by atoms with Crippen molar-refractivity contribution in [2.45, 2.75) is 13.0 Å². The third-order valence-corrected chi connectivity index (χ3v) is 2.85. The lowest BCUT2D eigenvalue weighted by atomic mass is 10.3. The van der Waals surface area contributed by atoms with Crippen molar-refractivity contribution in [1.82, 2.24) is 10.3 Å². The Bertz CT molecular complexity index is 555. The molecule has 2 heterocycles. The second kappa shape index (κ2) is 8.06. The van der Waals surface area contributed by atoms with Gasteiger partial charge in [-0.3, -0.25) is 9.78 Å². The molecule has 2 N–H and O–H groups in total. The molecule has 0 saturated heterocycles. The number of nitrogens with one attached hydrogen (secondary N) is 2. The van der Waals surface area contributed by atoms with Crippen molar-refractivity contribution < 1.29 is 13.9 Å². The molecule has 0 radical (unpaired) electrons. The van der Waals surface area contributed by atoms with E-state index in [1.54, 1.807) is 31.7 Å². The number of carbonyl (C=O) groups excluding carboxylic acids is 1. The molecule has 2 aromatic rings. The highest BCUT2D eigenvalue weighted by Crippen LogP contribution is 2.08. The van der Waals surface area contributed by atoms with Gasteiger partial charge in [0.15, 0.2) is 0 Å². The minimum Gasteiger partial charge on any atom is -0.467 e. The van der Waals surface area contributed by atoms with Crippen LogP contribution in [-0.4, -0.2) is 31.2 Å². The number of amides is 1. The third kappa shape index (κ3) is 4.92. The molecule has 0 aliphatic heterocycles.